The number of ether oxygens (including phenoxy) is 2. The summed E-state index contributed by atoms with van der Waals surface area (Å²) >= 11 is 12.1. The molecule has 4 fully saturated rings. The average Bonchev–Trinajstić information content (AvgIpc) is 2.93. The lowest BCUT2D eigenvalue weighted by atomic mass is 9.50. The number of halogens is 2. The van der Waals surface area contributed by atoms with E-state index in [1.54, 1.807) is 0 Å². The monoisotopic (exact) mass is 614 g/mol. The molecular formula is C32H36Cl2N2O6. The van der Waals surface area contributed by atoms with Crippen LogP contribution < -0.4 is 10.6 Å². The summed E-state index contributed by atoms with van der Waals surface area (Å²) in [4.78, 5) is 45.6. The van der Waals surface area contributed by atoms with E-state index in [-0.39, 0.29) is 23.9 Å². The van der Waals surface area contributed by atoms with Crippen LogP contribution >= 0.6 is 23.2 Å². The first-order valence-electron chi connectivity index (χ1n) is 14.4. The third-order valence-corrected chi connectivity index (χ3v) is 10.2. The second-order valence-corrected chi connectivity index (χ2v) is 13.6. The zero-order valence-electron chi connectivity index (χ0n) is 23.4. The Morgan fingerprint density at radius 2 is 1.17 bits per heavy atom. The van der Waals surface area contributed by atoms with Crippen LogP contribution in [-0.2, 0) is 32.3 Å². The maximum Gasteiger partial charge on any atom is 0.407 e. The van der Waals surface area contributed by atoms with Crippen LogP contribution in [0.2, 0.25) is 0 Å². The van der Waals surface area contributed by atoms with Crippen molar-refractivity contribution in [1.82, 2.24) is 10.6 Å². The molecule has 6 rings (SSSR count). The lowest BCUT2D eigenvalue weighted by molar-refractivity contribution is -0.144. The third kappa shape index (κ3) is 6.92. The highest BCUT2D eigenvalue weighted by atomic mass is 35.5. The summed E-state index contributed by atoms with van der Waals surface area (Å²) in [6.45, 7) is 1.73. The predicted molar refractivity (Wildman–Crippen MR) is 158 cm³/mol. The van der Waals surface area contributed by atoms with E-state index in [0.29, 0.717) is 49.2 Å². The van der Waals surface area contributed by atoms with Crippen LogP contribution in [0.3, 0.4) is 0 Å². The molecule has 10 heteroatoms. The van der Waals surface area contributed by atoms with Crippen molar-refractivity contribution in [2.75, 3.05) is 13.1 Å². The summed E-state index contributed by atoms with van der Waals surface area (Å²) in [5, 5.41) is 5.55. The van der Waals surface area contributed by atoms with Gasteiger partial charge in [0, 0.05) is 37.8 Å². The molecule has 0 bridgehead atoms. The Balaban J connectivity index is 0.000000169. The van der Waals surface area contributed by atoms with Gasteiger partial charge < -0.3 is 20.1 Å². The molecule has 0 aromatic heterocycles. The molecule has 2 spiro atoms. The smallest absolute Gasteiger partial charge is 0.407 e. The van der Waals surface area contributed by atoms with Crippen LogP contribution in [-0.4, -0.2) is 41.2 Å². The second kappa shape index (κ2) is 12.6. The van der Waals surface area contributed by atoms with Gasteiger partial charge >= 0.3 is 12.2 Å². The molecule has 0 atom stereocenters. The summed E-state index contributed by atoms with van der Waals surface area (Å²) in [6, 6.07) is 19.1. The van der Waals surface area contributed by atoms with E-state index >= 15 is 0 Å². The maximum absolute atomic E-state index is 11.6. The van der Waals surface area contributed by atoms with Gasteiger partial charge in [0.15, 0.2) is 10.1 Å². The summed E-state index contributed by atoms with van der Waals surface area (Å²) < 4.78 is 9.07. The van der Waals surface area contributed by atoms with Crippen molar-refractivity contribution in [2.24, 2.45) is 22.7 Å². The Morgan fingerprint density at radius 1 is 0.714 bits per heavy atom. The number of alkyl halides is 2. The van der Waals surface area contributed by atoms with Crippen molar-refractivity contribution in [2.45, 2.75) is 62.5 Å². The van der Waals surface area contributed by atoms with Crippen LogP contribution in [0.1, 0.15) is 56.1 Å². The maximum atomic E-state index is 11.6. The minimum absolute atomic E-state index is 0.0930. The number of ketones is 2. The lowest BCUT2D eigenvalue weighted by Gasteiger charge is -2.59. The van der Waals surface area contributed by atoms with Gasteiger partial charge in [0.25, 0.3) is 0 Å². The van der Waals surface area contributed by atoms with Crippen LogP contribution in [0.4, 0.5) is 9.59 Å². The average molecular weight is 616 g/mol. The van der Waals surface area contributed by atoms with Gasteiger partial charge in [0.1, 0.15) is 19.0 Å². The number of carbonyl (C=O) groups is 4. The molecule has 4 aliphatic carbocycles. The van der Waals surface area contributed by atoms with Gasteiger partial charge in [-0.2, -0.15) is 0 Å². The van der Waals surface area contributed by atoms with Gasteiger partial charge in [-0.3, -0.25) is 9.59 Å². The second-order valence-electron chi connectivity index (χ2n) is 12.3. The molecule has 2 aromatic rings. The van der Waals surface area contributed by atoms with Gasteiger partial charge in [-0.15, -0.1) is 0 Å². The number of hydrogen-bond acceptors (Lipinski definition) is 6. The van der Waals surface area contributed by atoms with Crippen LogP contribution in [0.25, 0.3) is 0 Å². The molecule has 0 unspecified atom stereocenters. The van der Waals surface area contributed by atoms with Crippen molar-refractivity contribution < 1.29 is 28.7 Å². The normalized spacial score (nSPS) is 22.3. The number of carbonyl (C=O) groups excluding carboxylic acids is 4. The first-order valence-corrected chi connectivity index (χ1v) is 15.2. The standard InChI is InChI=1S/C16H17Cl2NO3.C16H19NO3/c17-16(18)13(20)8-15(16)6-12(7-15)9-19-14(21)22-10-11-4-2-1-3-5-11;18-14-8-16(9-14)6-13(7-16)10-17-15(19)20-11-12-4-2-1-3-5-12/h1-5,12H,6-10H2,(H,19,21);1-5,13H,6-11H2,(H,17,19). The van der Waals surface area contributed by atoms with Crippen molar-refractivity contribution in [3.63, 3.8) is 0 Å². The van der Waals surface area contributed by atoms with E-state index in [4.69, 9.17) is 32.7 Å². The van der Waals surface area contributed by atoms with Crippen LogP contribution in [0.5, 0.6) is 0 Å². The fourth-order valence-corrected chi connectivity index (χ4v) is 7.27. The quantitative estimate of drug-likeness (QED) is 0.346. The number of Topliss-reactive ketones (excluding diaryl/α,β-unsaturated/α-hetero) is 2. The zero-order valence-corrected chi connectivity index (χ0v) is 24.9. The molecule has 4 saturated carbocycles. The molecule has 224 valence electrons. The number of rotatable bonds is 8. The summed E-state index contributed by atoms with van der Waals surface area (Å²) in [5.41, 5.74) is 1.96. The van der Waals surface area contributed by atoms with Crippen molar-refractivity contribution in [3.8, 4) is 0 Å². The topological polar surface area (TPSA) is 111 Å². The molecule has 0 aliphatic heterocycles. The van der Waals surface area contributed by atoms with Gasteiger partial charge in [-0.25, -0.2) is 9.59 Å². The number of alkyl carbamates (subject to hydrolysis) is 2. The Morgan fingerprint density at radius 3 is 1.57 bits per heavy atom. The van der Waals surface area contributed by atoms with E-state index in [1.165, 1.54) is 0 Å². The fourth-order valence-electron chi connectivity index (χ4n) is 6.70. The van der Waals surface area contributed by atoms with E-state index < -0.39 is 10.4 Å². The number of nitrogens with one attached hydrogen (secondary N) is 2. The van der Waals surface area contributed by atoms with Crippen LogP contribution in [0.15, 0.2) is 60.7 Å². The molecular weight excluding hydrogens is 579 g/mol. The largest absolute Gasteiger partial charge is 0.445 e. The van der Waals surface area contributed by atoms with Crippen LogP contribution in [0, 0.1) is 22.7 Å². The molecule has 2 amide bonds. The molecule has 8 nitrogen and oxygen atoms in total. The summed E-state index contributed by atoms with van der Waals surface area (Å²) in [5.74, 6) is 1.10. The highest BCUT2D eigenvalue weighted by Gasteiger charge is 2.69. The van der Waals surface area contributed by atoms with Gasteiger partial charge in [0.05, 0.1) is 0 Å². The number of hydrogen-bond donors (Lipinski definition) is 2. The SMILES string of the molecule is O=C(NCC1CC2(CC(=O)C2(Cl)Cl)C1)OCc1ccccc1.O=C1CC2(C1)CC(CNC(=O)OCc1ccccc1)C2. The molecule has 2 N–H and O–H groups in total. The Labute approximate surface area is 255 Å². The summed E-state index contributed by atoms with van der Waals surface area (Å²) in [6.07, 6.45) is 4.83. The van der Waals surface area contributed by atoms with Crippen molar-refractivity contribution in [3.05, 3.63) is 71.8 Å². The molecule has 0 heterocycles. The van der Waals surface area contributed by atoms with E-state index in [9.17, 15) is 19.2 Å². The Hall–Kier alpha value is -3.10. The minimum Gasteiger partial charge on any atom is -0.445 e. The fraction of sp³-hybridized carbons (Fsp3) is 0.500. The van der Waals surface area contributed by atoms with E-state index in [0.717, 1.165) is 49.7 Å². The number of benzene rings is 2. The first-order chi connectivity index (χ1) is 20.1. The highest BCUT2D eigenvalue weighted by Crippen LogP contribution is 2.66. The number of amides is 2. The Kier molecular flexibility index (Phi) is 9.14. The van der Waals surface area contributed by atoms with Crippen molar-refractivity contribution >= 4 is 47.0 Å². The first kappa shape index (κ1) is 30.4. The van der Waals surface area contributed by atoms with Gasteiger partial charge in [0.2, 0.25) is 0 Å². The third-order valence-electron chi connectivity index (χ3n) is 8.96. The summed E-state index contributed by atoms with van der Waals surface area (Å²) in [7, 11) is 0. The lowest BCUT2D eigenvalue weighted by Crippen LogP contribution is -2.64. The van der Waals surface area contributed by atoms with E-state index in [1.807, 2.05) is 60.7 Å². The molecule has 0 saturated heterocycles. The predicted octanol–water partition coefficient (Wildman–Crippen LogP) is 6.13. The van der Waals surface area contributed by atoms with E-state index in [2.05, 4.69) is 10.6 Å². The molecule has 42 heavy (non-hydrogen) atoms. The molecule has 0 radical (unpaired) electrons. The minimum atomic E-state index is -1.22. The highest BCUT2D eigenvalue weighted by molar-refractivity contribution is 6.61. The molecule has 4 aliphatic rings. The zero-order chi connectivity index (χ0) is 29.8. The molecule has 2 aromatic carbocycles. The van der Waals surface area contributed by atoms with Gasteiger partial charge in [-0.05, 0) is 54.1 Å². The van der Waals surface area contributed by atoms with Gasteiger partial charge in [-0.1, -0.05) is 83.9 Å². The van der Waals surface area contributed by atoms with Crippen molar-refractivity contribution in [1.29, 1.82) is 0 Å². The Bertz CT molecular complexity index is 1280.